The zero-order valence-electron chi connectivity index (χ0n) is 44.0. The van der Waals surface area contributed by atoms with Crippen LogP contribution in [0.5, 0.6) is 0 Å². The molecule has 71 heavy (non-hydrogen) atoms. The minimum Gasteiger partial charge on any atom is -0.375 e. The van der Waals surface area contributed by atoms with Crippen LogP contribution in [0, 0.1) is 6.92 Å². The van der Waals surface area contributed by atoms with Gasteiger partial charge in [-0.3, -0.25) is 0 Å². The monoisotopic (exact) mass is 924 g/mol. The summed E-state index contributed by atoms with van der Waals surface area (Å²) in [6, 6.07) is 63.3. The highest BCUT2D eigenvalue weighted by atomic mass is 15.2. The quantitative estimate of drug-likeness (QED) is 0.160. The third kappa shape index (κ3) is 6.91. The molecule has 4 heteroatoms. The molecule has 0 saturated heterocycles. The average Bonchev–Trinajstić information content (AvgIpc) is 3.85. The first-order valence-electron chi connectivity index (χ1n) is 25.8. The zero-order valence-corrected chi connectivity index (χ0v) is 44.0. The van der Waals surface area contributed by atoms with Gasteiger partial charge in [0.1, 0.15) is 0 Å². The number of nitrogens with zero attached hydrogens (tertiary/aromatic N) is 3. The normalized spacial score (nSPS) is 13.6. The second-order valence-electron chi connectivity index (χ2n) is 24.7. The Hall–Kier alpha value is -7.04. The van der Waals surface area contributed by atoms with Gasteiger partial charge in [-0.25, -0.2) is 0 Å². The van der Waals surface area contributed by atoms with Crippen molar-refractivity contribution in [3.63, 3.8) is 0 Å². The van der Waals surface area contributed by atoms with Crippen LogP contribution in [-0.4, -0.2) is 15.9 Å². The highest BCUT2D eigenvalue weighted by Crippen LogP contribution is 2.54. The summed E-state index contributed by atoms with van der Waals surface area (Å²) in [4.78, 5) is 2.60. The topological polar surface area (TPSA) is 13.1 Å². The summed E-state index contributed by atoms with van der Waals surface area (Å²) < 4.78 is 5.40. The minimum atomic E-state index is -0.141. The molecular formula is C67H66BN3. The van der Waals surface area contributed by atoms with Crippen molar-refractivity contribution in [2.75, 3.05) is 4.90 Å². The first-order valence-corrected chi connectivity index (χ1v) is 25.8. The van der Waals surface area contributed by atoms with Gasteiger partial charge in [0.15, 0.2) is 0 Å². The highest BCUT2D eigenvalue weighted by molar-refractivity contribution is 6.90. The van der Waals surface area contributed by atoms with E-state index < -0.39 is 0 Å². The lowest BCUT2D eigenvalue weighted by molar-refractivity contribution is 0.589. The number of anilines is 3. The minimum absolute atomic E-state index is 0.0326. The Morgan fingerprint density at radius 1 is 0.423 bits per heavy atom. The zero-order chi connectivity index (χ0) is 49.7. The Balaban J connectivity index is 1.36. The van der Waals surface area contributed by atoms with Gasteiger partial charge >= 0.3 is 6.85 Å². The lowest BCUT2D eigenvalue weighted by Gasteiger charge is -2.42. The Morgan fingerprint density at radius 2 is 1.01 bits per heavy atom. The average molecular weight is 924 g/mol. The number of aromatic nitrogens is 2. The molecule has 2 aromatic heterocycles. The molecule has 0 N–H and O–H groups in total. The molecule has 3 nitrogen and oxygen atoms in total. The van der Waals surface area contributed by atoms with E-state index in [9.17, 15) is 0 Å². The van der Waals surface area contributed by atoms with E-state index in [0.717, 1.165) is 5.69 Å². The van der Waals surface area contributed by atoms with Crippen LogP contribution in [0.15, 0.2) is 164 Å². The predicted octanol–water partition coefficient (Wildman–Crippen LogP) is 17.0. The third-order valence-electron chi connectivity index (χ3n) is 15.8. The number of rotatable bonds is 4. The molecule has 12 rings (SSSR count). The fraction of sp³-hybridized carbons (Fsp3) is 0.254. The van der Waals surface area contributed by atoms with Gasteiger partial charge in [-0.15, -0.1) is 0 Å². The molecule has 2 aliphatic heterocycles. The second-order valence-corrected chi connectivity index (χ2v) is 24.7. The van der Waals surface area contributed by atoms with Crippen LogP contribution in [0.4, 0.5) is 17.1 Å². The van der Waals surface area contributed by atoms with Crippen molar-refractivity contribution in [2.24, 2.45) is 0 Å². The second kappa shape index (κ2) is 15.5. The largest absolute Gasteiger partial charge is 0.375 e. The van der Waals surface area contributed by atoms with Crippen molar-refractivity contribution in [3.05, 3.63) is 192 Å². The molecule has 352 valence electrons. The Labute approximate surface area is 421 Å². The fourth-order valence-electron chi connectivity index (χ4n) is 11.9. The fourth-order valence-corrected chi connectivity index (χ4v) is 11.9. The lowest BCUT2D eigenvalue weighted by atomic mass is 9.44. The number of para-hydroxylation sites is 1. The maximum absolute atomic E-state index is 2.82. The number of benzene rings is 8. The van der Waals surface area contributed by atoms with Gasteiger partial charge in [0.25, 0.3) is 0 Å². The van der Waals surface area contributed by atoms with Gasteiger partial charge in [-0.2, -0.15) is 0 Å². The van der Waals surface area contributed by atoms with Crippen LogP contribution in [-0.2, 0) is 21.7 Å². The van der Waals surface area contributed by atoms with E-state index in [4.69, 9.17) is 0 Å². The summed E-state index contributed by atoms with van der Waals surface area (Å²) in [5.41, 5.74) is 25.2. The van der Waals surface area contributed by atoms with E-state index in [0.29, 0.717) is 0 Å². The van der Waals surface area contributed by atoms with Gasteiger partial charge < -0.3 is 13.9 Å². The molecule has 4 heterocycles. The van der Waals surface area contributed by atoms with Crippen molar-refractivity contribution in [3.8, 4) is 39.2 Å². The van der Waals surface area contributed by atoms with Gasteiger partial charge in [0, 0.05) is 66.8 Å². The van der Waals surface area contributed by atoms with Crippen molar-refractivity contribution in [2.45, 2.75) is 112 Å². The van der Waals surface area contributed by atoms with E-state index in [2.05, 4.69) is 268 Å². The molecule has 0 atom stereocenters. The van der Waals surface area contributed by atoms with Gasteiger partial charge in [-0.1, -0.05) is 192 Å². The van der Waals surface area contributed by atoms with Crippen LogP contribution < -0.4 is 15.8 Å². The van der Waals surface area contributed by atoms with E-state index in [-0.39, 0.29) is 28.5 Å². The summed E-state index contributed by atoms with van der Waals surface area (Å²) in [7, 11) is 0. The lowest BCUT2D eigenvalue weighted by Crippen LogP contribution is -2.57. The molecule has 0 fully saturated rings. The van der Waals surface area contributed by atoms with Crippen molar-refractivity contribution in [1.29, 1.82) is 0 Å². The smallest absolute Gasteiger partial charge is 0.333 e. The van der Waals surface area contributed by atoms with E-state index in [1.807, 2.05) is 0 Å². The number of aryl methyl sites for hydroxylation is 1. The Morgan fingerprint density at radius 3 is 1.66 bits per heavy atom. The van der Waals surface area contributed by atoms with Crippen molar-refractivity contribution >= 4 is 67.5 Å². The molecule has 8 aromatic carbocycles. The first kappa shape index (κ1) is 45.1. The molecule has 0 saturated carbocycles. The van der Waals surface area contributed by atoms with Crippen LogP contribution in [0.1, 0.15) is 111 Å². The summed E-state index contributed by atoms with van der Waals surface area (Å²) in [6.07, 6.45) is 0. The highest BCUT2D eigenvalue weighted by Gasteiger charge is 2.46. The van der Waals surface area contributed by atoms with Crippen LogP contribution in [0.3, 0.4) is 0 Å². The molecule has 0 radical (unpaired) electrons. The summed E-state index contributed by atoms with van der Waals surface area (Å²) in [5, 5.41) is 3.85. The molecule has 0 amide bonds. The van der Waals surface area contributed by atoms with Crippen LogP contribution in [0.2, 0.25) is 0 Å². The molecule has 0 spiro atoms. The number of fused-ring (bicyclic) bond motifs is 8. The predicted molar refractivity (Wildman–Crippen MR) is 307 cm³/mol. The van der Waals surface area contributed by atoms with Crippen LogP contribution in [0.25, 0.3) is 71.9 Å². The van der Waals surface area contributed by atoms with E-state index >= 15 is 0 Å². The Kier molecular flexibility index (Phi) is 9.84. The summed E-state index contributed by atoms with van der Waals surface area (Å²) in [6.45, 7) is 30.3. The van der Waals surface area contributed by atoms with E-state index in [1.165, 1.54) is 122 Å². The van der Waals surface area contributed by atoms with Gasteiger partial charge in [0.2, 0.25) is 0 Å². The van der Waals surface area contributed by atoms with Gasteiger partial charge in [-0.05, 0) is 133 Å². The van der Waals surface area contributed by atoms with Crippen LogP contribution >= 0.6 is 0 Å². The third-order valence-corrected chi connectivity index (χ3v) is 15.8. The summed E-state index contributed by atoms with van der Waals surface area (Å²) in [5.74, 6) is 0. The molecule has 0 unspecified atom stereocenters. The van der Waals surface area contributed by atoms with Crippen molar-refractivity contribution < 1.29 is 0 Å². The maximum Gasteiger partial charge on any atom is 0.333 e. The molecule has 2 aliphatic rings. The molecule has 10 aromatic rings. The standard InChI is InChI=1S/C67H66BN3/c1-41-22-20-21-27-49(41)62-58(42-23-16-14-17-24-42)59-61-52(50-36-44(65(5,6)7)30-34-55(50)70(61)47-25-18-15-19-26-47)40-53-51-37-46(67(11,12)13)39-57-60(51)68(71(62)63(53)59)54-38-45(66(8,9)10)31-35-56(54)69(57)48-32-28-43(29-33-48)64(2,3)4/h14-40H,1-13H3. The molecule has 0 bridgehead atoms. The number of hydrogen-bond acceptors (Lipinski definition) is 1. The molecular weight excluding hydrogens is 858 g/mol. The van der Waals surface area contributed by atoms with Crippen molar-refractivity contribution in [1.82, 2.24) is 9.05 Å². The molecule has 0 aliphatic carbocycles. The number of hydrogen-bond donors (Lipinski definition) is 0. The summed E-state index contributed by atoms with van der Waals surface area (Å²) >= 11 is 0. The maximum atomic E-state index is 2.82. The first-order chi connectivity index (χ1) is 33.7. The SMILES string of the molecule is Cc1ccccc1-c1c(-c2ccccc2)c2c3c(cc4c5cc(C(C)(C)C)ccc5n(-c5ccccc5)c42)-c2cc(C(C)(C)C)cc4c2B(c2cc(C(C)(C)C)ccc2N4c2ccc(C(C)(C)C)cc2)n13. The Bertz CT molecular complexity index is 3780. The van der Waals surface area contributed by atoms with E-state index in [1.54, 1.807) is 0 Å². The van der Waals surface area contributed by atoms with Gasteiger partial charge in [0.05, 0.1) is 11.0 Å².